The normalized spacial score (nSPS) is 12.5. The van der Waals surface area contributed by atoms with Gasteiger partial charge in [-0.25, -0.2) is 0 Å². The summed E-state index contributed by atoms with van der Waals surface area (Å²) >= 11 is 3.48. The fourth-order valence-corrected chi connectivity index (χ4v) is 10.1. The van der Waals surface area contributed by atoms with Crippen LogP contribution >= 0.6 is 15.9 Å². The maximum Gasteiger partial charge on any atom is 0.322 e. The summed E-state index contributed by atoms with van der Waals surface area (Å²) in [5.74, 6) is 1.06. The van der Waals surface area contributed by atoms with E-state index in [0.29, 0.717) is 46.1 Å². The van der Waals surface area contributed by atoms with Gasteiger partial charge in [-0.05, 0) is 203 Å². The highest BCUT2D eigenvalue weighted by atomic mass is 79.9. The van der Waals surface area contributed by atoms with Gasteiger partial charge in [0.1, 0.15) is 34.8 Å². The lowest BCUT2D eigenvalue weighted by atomic mass is 9.75. The summed E-state index contributed by atoms with van der Waals surface area (Å²) in [5.41, 5.74) is 2.06. The van der Waals surface area contributed by atoms with Crippen LogP contribution in [0.2, 0.25) is 0 Å². The molecule has 0 radical (unpaired) electrons. The molecule has 17 nitrogen and oxygen atoms in total. The van der Waals surface area contributed by atoms with Gasteiger partial charge in [-0.1, -0.05) is 86.4 Å². The molecule has 482 valence electrons. The number of carbonyl (C=O) groups is 4. The summed E-state index contributed by atoms with van der Waals surface area (Å²) in [6, 6.07) is 30.9. The first kappa shape index (κ1) is 75.0. The number of alkyl halides is 1. The highest BCUT2D eigenvalue weighted by molar-refractivity contribution is 9.10. The van der Waals surface area contributed by atoms with Crippen molar-refractivity contribution in [3.8, 4) is 17.2 Å². The fraction of sp³-hybridized carbons (Fsp3) is 0.594. The Balaban J connectivity index is 0.000000461. The number of hydrogen-bond acceptors (Lipinski definition) is 17. The van der Waals surface area contributed by atoms with Crippen molar-refractivity contribution in [2.24, 2.45) is 36.7 Å². The van der Waals surface area contributed by atoms with E-state index >= 15 is 0 Å². The van der Waals surface area contributed by atoms with E-state index in [9.17, 15) is 19.2 Å². The summed E-state index contributed by atoms with van der Waals surface area (Å²) in [6.45, 7) is 17.8. The Kier molecular flexibility index (Phi) is 36.1. The van der Waals surface area contributed by atoms with Crippen molar-refractivity contribution in [2.75, 3.05) is 74.2 Å². The van der Waals surface area contributed by atoms with Crippen LogP contribution in [-0.2, 0) is 54.0 Å². The number of esters is 4. The number of nitrogens with zero attached hydrogens (tertiary/aromatic N) is 4. The molecule has 4 aromatic carbocycles. The molecule has 4 rings (SSSR count). The van der Waals surface area contributed by atoms with E-state index in [1.54, 1.807) is 69.8 Å². The van der Waals surface area contributed by atoms with E-state index in [1.165, 1.54) is 44.1 Å². The van der Waals surface area contributed by atoms with Crippen molar-refractivity contribution < 1.29 is 61.8 Å². The molecule has 0 bridgehead atoms. The number of methoxy groups -OCH3 is 3. The van der Waals surface area contributed by atoms with Crippen LogP contribution < -0.4 is 14.2 Å². The van der Waals surface area contributed by atoms with Crippen LogP contribution in [0.15, 0.2) is 118 Å². The quantitative estimate of drug-likeness (QED) is 0.0133. The van der Waals surface area contributed by atoms with Crippen molar-refractivity contribution in [2.45, 2.75) is 175 Å². The second-order valence-electron chi connectivity index (χ2n) is 23.9. The number of ether oxygens (including phenoxy) is 9. The number of aryl methyl sites for hydroxylation is 1. The molecule has 87 heavy (non-hydrogen) atoms. The minimum absolute atomic E-state index is 0.193. The Bertz CT molecular complexity index is 2610. The summed E-state index contributed by atoms with van der Waals surface area (Å²) in [4.78, 5) is 50.0. The molecule has 0 spiro atoms. The van der Waals surface area contributed by atoms with E-state index in [1.807, 2.05) is 84.9 Å². The van der Waals surface area contributed by atoms with E-state index in [2.05, 4.69) is 55.4 Å². The van der Waals surface area contributed by atoms with Gasteiger partial charge in [0.2, 0.25) is 0 Å². The number of benzene rings is 4. The summed E-state index contributed by atoms with van der Waals surface area (Å²) in [6.07, 6.45) is 17.7. The minimum Gasteiger partial charge on any atom is -0.497 e. The molecule has 0 N–H and O–H groups in total. The molecular formula is C69H101BrN4O13. The molecule has 0 aliphatic carbocycles. The molecule has 0 heterocycles. The van der Waals surface area contributed by atoms with Crippen molar-refractivity contribution in [1.82, 2.24) is 0 Å². The van der Waals surface area contributed by atoms with Gasteiger partial charge in [-0.15, -0.1) is 0 Å². The van der Waals surface area contributed by atoms with Crippen molar-refractivity contribution in [3.63, 3.8) is 0 Å². The van der Waals surface area contributed by atoms with Crippen LogP contribution in [0.5, 0.6) is 17.2 Å². The fourth-order valence-electron chi connectivity index (χ4n) is 9.31. The Morgan fingerprint density at radius 1 is 0.368 bits per heavy atom. The molecule has 4 aromatic rings. The monoisotopic (exact) mass is 1270 g/mol. The molecule has 18 heteroatoms. The summed E-state index contributed by atoms with van der Waals surface area (Å²) < 4.78 is 47.3. The third kappa shape index (κ3) is 32.0. The van der Waals surface area contributed by atoms with Gasteiger partial charge in [-0.3, -0.25) is 19.2 Å². The second kappa shape index (κ2) is 41.8. The lowest BCUT2D eigenvalue weighted by molar-refractivity contribution is -0.163. The van der Waals surface area contributed by atoms with E-state index in [4.69, 9.17) is 42.6 Å². The van der Waals surface area contributed by atoms with Crippen LogP contribution in [0.3, 0.4) is 0 Å². The first-order valence-corrected chi connectivity index (χ1v) is 31.8. The highest BCUT2D eigenvalue weighted by Crippen LogP contribution is 2.37. The standard InChI is InChI=1S/C38H57BrN2O6.C31H44N2O7/c1-6-7-17-31-18-20-32(21-19-31)40-41-33-22-24-34(25-23-33)45-26-15-13-11-9-8-10-12-14-16-27-46-36(43)38(4,39)30-37(2,3)35(42)47-29-28-44-5;1-30(2,23-31(3,4)29(35)40-22-21-36-5)28(34)39-20-10-8-7-9-19-38-27-17-13-25(14-18-27)33-32-24-11-15-26(37-6)16-12-24/h18-25H,6-17,26-30H2,1-5H3;11-18H,7-10,19-23H2,1-6H3. The van der Waals surface area contributed by atoms with Crippen molar-refractivity contribution >= 4 is 62.6 Å². The molecule has 0 aliphatic heterocycles. The average Bonchev–Trinajstić information content (AvgIpc) is 3.25. The van der Waals surface area contributed by atoms with Crippen LogP contribution in [0, 0.1) is 16.2 Å². The Morgan fingerprint density at radius 2 is 0.678 bits per heavy atom. The van der Waals surface area contributed by atoms with Crippen LogP contribution in [0.1, 0.15) is 170 Å². The van der Waals surface area contributed by atoms with Crippen molar-refractivity contribution in [1.29, 1.82) is 0 Å². The number of carbonyl (C=O) groups excluding carboxylic acids is 4. The lowest BCUT2D eigenvalue weighted by Crippen LogP contribution is -2.40. The third-order valence-corrected chi connectivity index (χ3v) is 14.8. The van der Waals surface area contributed by atoms with Gasteiger partial charge >= 0.3 is 23.9 Å². The lowest BCUT2D eigenvalue weighted by Gasteiger charge is -2.31. The molecule has 0 saturated carbocycles. The number of halogens is 1. The maximum absolute atomic E-state index is 12.6. The van der Waals surface area contributed by atoms with E-state index in [-0.39, 0.29) is 43.5 Å². The smallest absolute Gasteiger partial charge is 0.322 e. The zero-order valence-corrected chi connectivity index (χ0v) is 55.7. The summed E-state index contributed by atoms with van der Waals surface area (Å²) in [5, 5.41) is 17.2. The Morgan fingerprint density at radius 3 is 1.03 bits per heavy atom. The molecule has 0 aliphatic rings. The molecule has 0 fully saturated rings. The van der Waals surface area contributed by atoms with Gasteiger partial charge in [0, 0.05) is 14.2 Å². The maximum atomic E-state index is 12.6. The molecule has 0 saturated heterocycles. The zero-order chi connectivity index (χ0) is 63.8. The molecular weight excluding hydrogens is 1170 g/mol. The van der Waals surface area contributed by atoms with Crippen LogP contribution in [-0.4, -0.2) is 102 Å². The third-order valence-electron chi connectivity index (χ3n) is 14.2. The first-order chi connectivity index (χ1) is 41.6. The number of hydrogen-bond donors (Lipinski definition) is 0. The average molecular weight is 1270 g/mol. The predicted molar refractivity (Wildman–Crippen MR) is 346 cm³/mol. The zero-order valence-electron chi connectivity index (χ0n) is 54.1. The van der Waals surface area contributed by atoms with Crippen molar-refractivity contribution in [3.05, 3.63) is 103 Å². The number of azo groups is 2. The summed E-state index contributed by atoms with van der Waals surface area (Å²) in [7, 11) is 4.73. The van der Waals surface area contributed by atoms with E-state index < -0.39 is 20.6 Å². The van der Waals surface area contributed by atoms with Crippen LogP contribution in [0.25, 0.3) is 0 Å². The van der Waals surface area contributed by atoms with Gasteiger partial charge in [0.25, 0.3) is 0 Å². The number of rotatable bonds is 43. The predicted octanol–water partition coefficient (Wildman–Crippen LogP) is 17.9. The Hall–Kier alpha value is -6.24. The Labute approximate surface area is 527 Å². The highest BCUT2D eigenvalue weighted by Gasteiger charge is 2.43. The van der Waals surface area contributed by atoms with Gasteiger partial charge in [0.15, 0.2) is 0 Å². The number of unbranched alkanes of at least 4 members (excludes halogenated alkanes) is 12. The first-order valence-electron chi connectivity index (χ1n) is 31.0. The molecule has 1 atom stereocenters. The molecule has 0 amide bonds. The largest absolute Gasteiger partial charge is 0.497 e. The van der Waals surface area contributed by atoms with Gasteiger partial charge in [0.05, 0.1) is 85.7 Å². The van der Waals surface area contributed by atoms with Gasteiger partial charge < -0.3 is 42.6 Å². The van der Waals surface area contributed by atoms with Gasteiger partial charge in [-0.2, -0.15) is 20.5 Å². The molecule has 0 aromatic heterocycles. The SMILES string of the molecule is CCCCc1ccc(N=Nc2ccc(OCCCCCCCCCCCOC(=O)C(C)(Br)CC(C)(C)C(=O)OCCOC)cc2)cc1.COCCOC(=O)C(C)(C)CC(C)(C)C(=O)OCCCCCCOc1ccc(N=Nc2ccc(OC)cc2)cc1. The topological polar surface area (TPSA) is 201 Å². The van der Waals surface area contributed by atoms with E-state index in [0.717, 1.165) is 104 Å². The van der Waals surface area contributed by atoms with Crippen LogP contribution in [0.4, 0.5) is 22.7 Å². The second-order valence-corrected chi connectivity index (χ2v) is 25.6. The minimum atomic E-state index is -0.958. The molecule has 1 unspecified atom stereocenters.